The normalized spacial score (nSPS) is 11.6. The highest BCUT2D eigenvalue weighted by Gasteiger charge is 2.31. The van der Waals surface area contributed by atoms with Crippen LogP contribution in [0.5, 0.6) is 5.75 Å². The van der Waals surface area contributed by atoms with Gasteiger partial charge in [0.05, 0.1) is 12.7 Å². The topological polar surface area (TPSA) is 9.23 Å². The van der Waals surface area contributed by atoms with Crippen LogP contribution >= 0.6 is 0 Å². The van der Waals surface area contributed by atoms with Crippen molar-refractivity contribution in [2.75, 3.05) is 7.11 Å². The zero-order chi connectivity index (χ0) is 27.6. The minimum atomic E-state index is -1.97. The number of hydrogen-bond donors (Lipinski definition) is 0. The van der Waals surface area contributed by atoms with Crippen molar-refractivity contribution in [3.05, 3.63) is 101 Å². The summed E-state index contributed by atoms with van der Waals surface area (Å²) in [5.41, 5.74) is -2.95. The molecular weight excluding hydrogens is 530 g/mol. The van der Waals surface area contributed by atoms with E-state index in [9.17, 15) is 35.1 Å². The van der Waals surface area contributed by atoms with Gasteiger partial charge in [0.1, 0.15) is 5.82 Å². The maximum absolute atomic E-state index is 15.2. The van der Waals surface area contributed by atoms with Crippen LogP contribution in [-0.2, 0) is 0 Å². The summed E-state index contributed by atoms with van der Waals surface area (Å²) in [7, 11) is 0.752. The number of hydrogen-bond acceptors (Lipinski definition) is 1. The van der Waals surface area contributed by atoms with Gasteiger partial charge in [-0.1, -0.05) is 6.07 Å². The first-order valence-electron chi connectivity index (χ1n) is 10.5. The Morgan fingerprint density at radius 3 is 1.47 bits per heavy atom. The Morgan fingerprint density at radius 2 is 0.947 bits per heavy atom. The molecule has 0 aliphatic carbocycles. The summed E-state index contributed by atoms with van der Waals surface area (Å²) in [4.78, 5) is 0. The van der Waals surface area contributed by atoms with Gasteiger partial charge in [-0.3, -0.25) is 0 Å². The van der Waals surface area contributed by atoms with Crippen molar-refractivity contribution >= 4 is 21.5 Å². The van der Waals surface area contributed by atoms with Gasteiger partial charge in [0.25, 0.3) is 0 Å². The van der Waals surface area contributed by atoms with Crippen LogP contribution in [0.3, 0.4) is 0 Å². The quantitative estimate of drug-likeness (QED) is 0.0963. The van der Waals surface area contributed by atoms with Crippen LogP contribution in [-0.4, -0.2) is 7.11 Å². The summed E-state index contributed by atoms with van der Waals surface area (Å²) in [5.74, 6) is -18.5. The average Bonchev–Trinajstić information content (AvgIpc) is 2.87. The van der Waals surface area contributed by atoms with Crippen LogP contribution < -0.4 is 4.74 Å². The van der Waals surface area contributed by atoms with Gasteiger partial charge in [-0.2, -0.15) is 8.78 Å². The molecule has 0 unspecified atom stereocenters. The Hall–Kier alpha value is -4.28. The molecule has 0 saturated carbocycles. The molecule has 11 heteroatoms. The van der Waals surface area contributed by atoms with Crippen molar-refractivity contribution in [2.24, 2.45) is 0 Å². The highest BCUT2D eigenvalue weighted by Crippen LogP contribution is 2.47. The summed E-state index contributed by atoms with van der Waals surface area (Å²) < 4.78 is 149. The Morgan fingerprint density at radius 1 is 0.447 bits per heavy atom. The van der Waals surface area contributed by atoms with Gasteiger partial charge < -0.3 is 4.74 Å². The van der Waals surface area contributed by atoms with E-state index in [4.69, 9.17) is 0 Å². The number of rotatable bonds is 3. The fourth-order valence-corrected chi connectivity index (χ4v) is 4.48. The lowest BCUT2D eigenvalue weighted by atomic mass is 9.85. The van der Waals surface area contributed by atoms with Gasteiger partial charge in [-0.25, -0.2) is 35.1 Å². The maximum Gasteiger partial charge on any atom is 0.204 e. The number of methoxy groups -OCH3 is 1. The minimum Gasteiger partial charge on any atom is -0.491 e. The van der Waals surface area contributed by atoms with Crippen LogP contribution in [0.4, 0.5) is 43.9 Å². The standard InChI is InChI=1S/C27H10F10O/c1-38-27-25(36)23(34)21(24(35)26(27)37)20-11-3-2-10(28)6-12(11)19(9-4-17(31)22(33)18(32)5-9)13-7-15(29)16(30)8-14(13)20/h2-8H,1H3. The van der Waals surface area contributed by atoms with Gasteiger partial charge in [0.2, 0.25) is 11.6 Å². The lowest BCUT2D eigenvalue weighted by Crippen LogP contribution is -2.05. The smallest absolute Gasteiger partial charge is 0.204 e. The second-order valence-corrected chi connectivity index (χ2v) is 8.17. The third-order valence-corrected chi connectivity index (χ3v) is 6.07. The Bertz CT molecular complexity index is 1760. The number of fused-ring (bicyclic) bond motifs is 2. The van der Waals surface area contributed by atoms with Gasteiger partial charge in [0, 0.05) is 5.56 Å². The molecule has 0 fully saturated rings. The molecule has 1 nitrogen and oxygen atoms in total. The molecule has 0 spiro atoms. The molecule has 0 radical (unpaired) electrons. The van der Waals surface area contributed by atoms with E-state index in [2.05, 4.69) is 4.74 Å². The lowest BCUT2D eigenvalue weighted by Gasteiger charge is -2.20. The van der Waals surface area contributed by atoms with E-state index in [1.54, 1.807) is 0 Å². The monoisotopic (exact) mass is 540 g/mol. The molecule has 0 aromatic heterocycles. The Kier molecular flexibility index (Phi) is 5.96. The molecule has 5 aromatic carbocycles. The van der Waals surface area contributed by atoms with Crippen molar-refractivity contribution < 1.29 is 48.6 Å². The summed E-state index contributed by atoms with van der Waals surface area (Å²) >= 11 is 0. The lowest BCUT2D eigenvalue weighted by molar-refractivity contribution is 0.334. The molecule has 194 valence electrons. The fraction of sp³-hybridized carbons (Fsp3) is 0.0370. The second kappa shape index (κ2) is 8.93. The van der Waals surface area contributed by atoms with Gasteiger partial charge >= 0.3 is 0 Å². The van der Waals surface area contributed by atoms with Gasteiger partial charge in [0.15, 0.2) is 46.5 Å². The van der Waals surface area contributed by atoms with E-state index >= 15 is 8.78 Å². The van der Waals surface area contributed by atoms with Crippen LogP contribution in [0.15, 0.2) is 42.5 Å². The van der Waals surface area contributed by atoms with E-state index < -0.39 is 91.4 Å². The summed E-state index contributed by atoms with van der Waals surface area (Å²) in [6, 6.07) is 4.36. The molecule has 0 amide bonds. The Balaban J connectivity index is 2.09. The average molecular weight is 540 g/mol. The Labute approximate surface area is 206 Å². The van der Waals surface area contributed by atoms with E-state index in [1.165, 1.54) is 0 Å². The van der Waals surface area contributed by atoms with Crippen LogP contribution in [0, 0.1) is 58.2 Å². The molecule has 5 rings (SSSR count). The number of benzene rings is 5. The minimum absolute atomic E-state index is 0.369. The summed E-state index contributed by atoms with van der Waals surface area (Å²) in [6.45, 7) is 0. The summed E-state index contributed by atoms with van der Waals surface area (Å²) in [6.07, 6.45) is 0. The van der Waals surface area contributed by atoms with Crippen molar-refractivity contribution in [1.29, 1.82) is 0 Å². The molecular formula is C27H10F10O. The molecule has 38 heavy (non-hydrogen) atoms. The third kappa shape index (κ3) is 3.64. The molecule has 0 aliphatic heterocycles. The predicted molar refractivity (Wildman–Crippen MR) is 118 cm³/mol. The van der Waals surface area contributed by atoms with Crippen LogP contribution in [0.1, 0.15) is 0 Å². The van der Waals surface area contributed by atoms with Crippen molar-refractivity contribution in [3.8, 4) is 28.0 Å². The highest BCUT2D eigenvalue weighted by atomic mass is 19.2. The molecule has 0 saturated heterocycles. The first-order valence-corrected chi connectivity index (χ1v) is 10.5. The van der Waals surface area contributed by atoms with Crippen molar-refractivity contribution in [2.45, 2.75) is 0 Å². The maximum atomic E-state index is 15.2. The fourth-order valence-electron chi connectivity index (χ4n) is 4.48. The predicted octanol–water partition coefficient (Wildman–Crippen LogP) is 8.73. The molecule has 5 aromatic rings. The van der Waals surface area contributed by atoms with E-state index in [0.29, 0.717) is 24.3 Å². The van der Waals surface area contributed by atoms with Crippen LogP contribution in [0.25, 0.3) is 43.8 Å². The van der Waals surface area contributed by atoms with Gasteiger partial charge in [-0.05, 0) is 69.1 Å². The zero-order valence-corrected chi connectivity index (χ0v) is 18.7. The largest absolute Gasteiger partial charge is 0.491 e. The molecule has 0 N–H and O–H groups in total. The van der Waals surface area contributed by atoms with E-state index in [1.807, 2.05) is 0 Å². The first-order chi connectivity index (χ1) is 18.0. The van der Waals surface area contributed by atoms with Crippen molar-refractivity contribution in [1.82, 2.24) is 0 Å². The molecule has 0 heterocycles. The molecule has 0 bridgehead atoms. The second-order valence-electron chi connectivity index (χ2n) is 8.17. The number of ether oxygens (including phenoxy) is 1. The zero-order valence-electron chi connectivity index (χ0n) is 18.7. The summed E-state index contributed by atoms with van der Waals surface area (Å²) in [5, 5.41) is -1.80. The van der Waals surface area contributed by atoms with E-state index in [0.717, 1.165) is 25.3 Å². The first kappa shape index (κ1) is 25.4. The van der Waals surface area contributed by atoms with Crippen molar-refractivity contribution in [3.63, 3.8) is 0 Å². The molecule has 0 atom stereocenters. The number of halogens is 10. The highest BCUT2D eigenvalue weighted by molar-refractivity contribution is 6.21. The SMILES string of the molecule is COc1c(F)c(F)c(-c2c3ccc(F)cc3c(-c3cc(F)c(F)c(F)c3)c3cc(F)c(F)cc23)c(F)c1F. The van der Waals surface area contributed by atoms with Crippen LogP contribution in [0.2, 0.25) is 0 Å². The molecule has 0 aliphatic rings. The van der Waals surface area contributed by atoms with E-state index in [-0.39, 0.29) is 16.3 Å². The van der Waals surface area contributed by atoms with Gasteiger partial charge in [-0.15, -0.1) is 0 Å². The third-order valence-electron chi connectivity index (χ3n) is 6.07.